The van der Waals surface area contributed by atoms with Crippen molar-refractivity contribution in [3.05, 3.63) is 77.2 Å². The summed E-state index contributed by atoms with van der Waals surface area (Å²) < 4.78 is 10.3. The van der Waals surface area contributed by atoms with Gasteiger partial charge in [0.1, 0.15) is 30.7 Å². The number of nitrogens with one attached hydrogen (secondary N) is 3. The van der Waals surface area contributed by atoms with Crippen LogP contribution in [0.5, 0.6) is 0 Å². The van der Waals surface area contributed by atoms with E-state index in [1.807, 2.05) is 48.5 Å². The molecule has 0 unspecified atom stereocenters. The van der Waals surface area contributed by atoms with Gasteiger partial charge in [0, 0.05) is 5.92 Å². The molecule has 0 saturated carbocycles. The Morgan fingerprint density at radius 2 is 1.57 bits per heavy atom. The molecule has 11 nitrogen and oxygen atoms in total. The number of carbonyl (C=O) groups is 4. The van der Waals surface area contributed by atoms with E-state index in [9.17, 15) is 19.2 Å². The first kappa shape index (κ1) is 23.5. The average molecular weight is 478 g/mol. The fourth-order valence-corrected chi connectivity index (χ4v) is 3.87. The van der Waals surface area contributed by atoms with Gasteiger partial charge < -0.3 is 30.3 Å². The number of aromatic nitrogens is 1. The number of alkyl carbamates (subject to hydrolysis) is 1. The van der Waals surface area contributed by atoms with Crippen LogP contribution in [0.3, 0.4) is 0 Å². The lowest BCUT2D eigenvalue weighted by Gasteiger charge is -2.14. The van der Waals surface area contributed by atoms with Crippen LogP contribution in [0.4, 0.5) is 4.79 Å². The molecule has 0 fully saturated rings. The third-order valence-electron chi connectivity index (χ3n) is 5.48. The first-order valence-electron chi connectivity index (χ1n) is 10.7. The van der Waals surface area contributed by atoms with Crippen molar-refractivity contribution in [1.29, 1.82) is 0 Å². The first-order valence-corrected chi connectivity index (χ1v) is 10.7. The summed E-state index contributed by atoms with van der Waals surface area (Å²) in [6.07, 6.45) is 0.397. The van der Waals surface area contributed by atoms with Crippen LogP contribution < -0.4 is 16.0 Å². The summed E-state index contributed by atoms with van der Waals surface area (Å²) in [4.78, 5) is 46.7. The van der Waals surface area contributed by atoms with E-state index in [1.54, 1.807) is 0 Å². The minimum absolute atomic E-state index is 0.0231. The highest BCUT2D eigenvalue weighted by Crippen LogP contribution is 2.44. The van der Waals surface area contributed by atoms with Crippen LogP contribution in [0.1, 0.15) is 33.1 Å². The highest BCUT2D eigenvalue weighted by Gasteiger charge is 2.29. The second-order valence-corrected chi connectivity index (χ2v) is 7.71. The van der Waals surface area contributed by atoms with Crippen LogP contribution in [-0.4, -0.2) is 53.8 Å². The molecule has 11 heteroatoms. The van der Waals surface area contributed by atoms with Crippen molar-refractivity contribution in [3.63, 3.8) is 0 Å². The number of hydrogen-bond donors (Lipinski definition) is 4. The maximum Gasteiger partial charge on any atom is 0.407 e. The number of fused-ring (bicyclic) bond motifs is 3. The predicted molar refractivity (Wildman–Crippen MR) is 121 cm³/mol. The lowest BCUT2D eigenvalue weighted by Crippen LogP contribution is -2.39. The molecule has 2 aromatic carbocycles. The highest BCUT2D eigenvalue weighted by atomic mass is 16.5. The van der Waals surface area contributed by atoms with Gasteiger partial charge in [0.25, 0.3) is 5.91 Å². The van der Waals surface area contributed by atoms with Gasteiger partial charge in [-0.05, 0) is 22.3 Å². The number of rotatable bonds is 9. The topological polar surface area (TPSA) is 160 Å². The molecule has 4 rings (SSSR count). The molecule has 180 valence electrons. The molecule has 4 N–H and O–H groups in total. The number of hydrogen-bond acceptors (Lipinski definition) is 7. The first-order chi connectivity index (χ1) is 16.9. The number of carboxylic acid groups (broad SMARTS) is 1. The maximum absolute atomic E-state index is 12.3. The average Bonchev–Trinajstić information content (AvgIpc) is 3.46. The summed E-state index contributed by atoms with van der Waals surface area (Å²) in [6.45, 7) is -0.994. The van der Waals surface area contributed by atoms with Gasteiger partial charge in [-0.3, -0.25) is 14.4 Å². The minimum Gasteiger partial charge on any atom is -0.480 e. The molecule has 0 spiro atoms. The quantitative estimate of drug-likeness (QED) is 0.361. The molecule has 3 aromatic rings. The van der Waals surface area contributed by atoms with Gasteiger partial charge in [-0.25, -0.2) is 4.79 Å². The van der Waals surface area contributed by atoms with Crippen molar-refractivity contribution in [3.8, 4) is 11.1 Å². The van der Waals surface area contributed by atoms with Crippen LogP contribution in [0.2, 0.25) is 0 Å². The summed E-state index contributed by atoms with van der Waals surface area (Å²) in [7, 11) is 0. The molecule has 0 radical (unpaired) electrons. The van der Waals surface area contributed by atoms with Gasteiger partial charge in [-0.1, -0.05) is 53.7 Å². The Labute approximate surface area is 199 Å². The number of ether oxygens (including phenoxy) is 1. The SMILES string of the molecule is O=C(O)CNC(=O)CNC(=O)c1conc1CNC(=O)OCC1c2ccccc2-c2ccccc21. The summed E-state index contributed by atoms with van der Waals surface area (Å²) in [5, 5.41) is 19.3. The molecule has 1 aliphatic rings. The lowest BCUT2D eigenvalue weighted by molar-refractivity contribution is -0.137. The third-order valence-corrected chi connectivity index (χ3v) is 5.48. The van der Waals surface area contributed by atoms with Crippen molar-refractivity contribution < 1.29 is 33.5 Å². The summed E-state index contributed by atoms with van der Waals surface area (Å²) >= 11 is 0. The number of carboxylic acids is 1. The smallest absolute Gasteiger partial charge is 0.407 e. The van der Waals surface area contributed by atoms with Crippen molar-refractivity contribution in [1.82, 2.24) is 21.1 Å². The zero-order valence-corrected chi connectivity index (χ0v) is 18.4. The second kappa shape index (κ2) is 10.5. The zero-order valence-electron chi connectivity index (χ0n) is 18.4. The summed E-state index contributed by atoms with van der Waals surface area (Å²) in [5.74, 6) is -2.63. The Kier molecular flexibility index (Phi) is 7.05. The van der Waals surface area contributed by atoms with Crippen molar-refractivity contribution in [2.24, 2.45) is 0 Å². The standard InChI is InChI=1S/C24H22N4O7/c29-21(25-11-22(30)31)10-26-23(32)19-13-35-28-20(19)9-27-24(33)34-12-18-16-7-3-1-5-14(16)15-6-2-4-8-17(15)18/h1-8,13,18H,9-12H2,(H,25,29)(H,26,32)(H,27,33)(H,30,31). The van der Waals surface area contributed by atoms with E-state index >= 15 is 0 Å². The molecule has 1 aliphatic carbocycles. The molecular formula is C24H22N4O7. The van der Waals surface area contributed by atoms with E-state index in [4.69, 9.17) is 14.4 Å². The molecule has 1 aromatic heterocycles. The minimum atomic E-state index is -1.20. The van der Waals surface area contributed by atoms with Crippen molar-refractivity contribution in [2.75, 3.05) is 19.7 Å². The van der Waals surface area contributed by atoms with E-state index < -0.39 is 37.0 Å². The molecule has 35 heavy (non-hydrogen) atoms. The van der Waals surface area contributed by atoms with Crippen LogP contribution in [-0.2, 0) is 20.9 Å². The number of amides is 3. The van der Waals surface area contributed by atoms with Gasteiger partial charge in [0.05, 0.1) is 13.1 Å². The van der Waals surface area contributed by atoms with E-state index in [-0.39, 0.29) is 30.3 Å². The van der Waals surface area contributed by atoms with E-state index in [0.717, 1.165) is 28.5 Å². The monoisotopic (exact) mass is 478 g/mol. The van der Waals surface area contributed by atoms with Crippen LogP contribution in [0.25, 0.3) is 11.1 Å². The number of nitrogens with zero attached hydrogens (tertiary/aromatic N) is 1. The lowest BCUT2D eigenvalue weighted by atomic mass is 9.98. The van der Waals surface area contributed by atoms with Crippen molar-refractivity contribution in [2.45, 2.75) is 12.5 Å². The van der Waals surface area contributed by atoms with Gasteiger partial charge in [-0.15, -0.1) is 0 Å². The molecule has 3 amide bonds. The Morgan fingerprint density at radius 3 is 2.23 bits per heavy atom. The fourth-order valence-electron chi connectivity index (χ4n) is 3.87. The molecule has 0 bridgehead atoms. The maximum atomic E-state index is 12.3. The van der Waals surface area contributed by atoms with Crippen LogP contribution >= 0.6 is 0 Å². The third kappa shape index (κ3) is 5.46. The Hall–Kier alpha value is -4.67. The zero-order chi connectivity index (χ0) is 24.8. The van der Waals surface area contributed by atoms with E-state index in [2.05, 4.69) is 21.1 Å². The van der Waals surface area contributed by atoms with E-state index in [1.165, 1.54) is 0 Å². The van der Waals surface area contributed by atoms with Crippen molar-refractivity contribution >= 4 is 23.9 Å². The number of aliphatic carboxylic acids is 1. The predicted octanol–water partition coefficient (Wildman–Crippen LogP) is 1.64. The van der Waals surface area contributed by atoms with Gasteiger partial charge in [0.2, 0.25) is 5.91 Å². The number of carbonyl (C=O) groups excluding carboxylic acids is 3. The van der Waals surface area contributed by atoms with E-state index in [0.29, 0.717) is 0 Å². The Morgan fingerprint density at radius 1 is 0.914 bits per heavy atom. The highest BCUT2D eigenvalue weighted by molar-refractivity contribution is 5.97. The second-order valence-electron chi connectivity index (χ2n) is 7.71. The molecule has 0 atom stereocenters. The normalized spacial score (nSPS) is 11.8. The molecule has 0 saturated heterocycles. The van der Waals surface area contributed by atoms with Crippen LogP contribution in [0, 0.1) is 0 Å². The number of benzene rings is 2. The Bertz CT molecular complexity index is 1220. The molecule has 1 heterocycles. The Balaban J connectivity index is 1.29. The summed E-state index contributed by atoms with van der Waals surface area (Å²) in [5.41, 5.74) is 4.57. The largest absolute Gasteiger partial charge is 0.480 e. The van der Waals surface area contributed by atoms with Gasteiger partial charge in [0.15, 0.2) is 0 Å². The molecule has 0 aliphatic heterocycles. The fraction of sp³-hybridized carbons (Fsp3) is 0.208. The molecular weight excluding hydrogens is 456 g/mol. The van der Waals surface area contributed by atoms with Crippen LogP contribution in [0.15, 0.2) is 59.3 Å². The van der Waals surface area contributed by atoms with Gasteiger partial charge in [-0.2, -0.15) is 0 Å². The van der Waals surface area contributed by atoms with Gasteiger partial charge >= 0.3 is 12.1 Å². The summed E-state index contributed by atoms with van der Waals surface area (Å²) in [6, 6.07) is 16.0.